The molecule has 4 nitrogen and oxygen atoms in total. The van der Waals surface area contributed by atoms with Crippen LogP contribution in [-0.2, 0) is 14.8 Å². The molecule has 0 spiro atoms. The Morgan fingerprint density at radius 3 is 2.05 bits per heavy atom. The quantitative estimate of drug-likeness (QED) is 0.871. The Kier molecular flexibility index (Phi) is 7.12. The van der Waals surface area contributed by atoms with E-state index in [4.69, 9.17) is 0 Å². The summed E-state index contributed by atoms with van der Waals surface area (Å²) in [5.41, 5.74) is -0.0483. The fraction of sp³-hybridized carbons (Fsp3) is 0.500. The van der Waals surface area contributed by atoms with Crippen molar-refractivity contribution in [2.75, 3.05) is 6.54 Å². The van der Waals surface area contributed by atoms with Crippen LogP contribution in [0.25, 0.3) is 0 Å². The number of benzene rings is 1. The molecule has 0 aromatic heterocycles. The highest BCUT2D eigenvalue weighted by Crippen LogP contribution is 2.18. The lowest BCUT2D eigenvalue weighted by molar-refractivity contribution is -0.113. The molecule has 0 atom stereocenters. The number of carbonyl (C=O) groups is 1. The first-order chi connectivity index (χ1) is 9.44. The second-order valence-electron chi connectivity index (χ2n) is 5.52. The van der Waals surface area contributed by atoms with Gasteiger partial charge in [0.25, 0.3) is 0 Å². The van der Waals surface area contributed by atoms with Gasteiger partial charge in [0.15, 0.2) is 0 Å². The van der Waals surface area contributed by atoms with Crippen LogP contribution in [0.15, 0.2) is 17.0 Å². The fourth-order valence-corrected chi connectivity index (χ4v) is 2.29. The SMILES string of the molecule is CC(C)(C)C=O.CCNS(=O)(=O)c1cc(C)c(F)cc1F. The smallest absolute Gasteiger partial charge is 0.243 e. The molecule has 0 saturated carbocycles. The van der Waals surface area contributed by atoms with Gasteiger partial charge in [-0.2, -0.15) is 0 Å². The van der Waals surface area contributed by atoms with E-state index in [0.717, 1.165) is 12.4 Å². The molecule has 0 aliphatic heterocycles. The van der Waals surface area contributed by atoms with Crippen molar-refractivity contribution in [1.29, 1.82) is 0 Å². The Bertz CT molecular complexity index is 593. The number of rotatable bonds is 3. The van der Waals surface area contributed by atoms with Crippen molar-refractivity contribution < 1.29 is 22.0 Å². The van der Waals surface area contributed by atoms with E-state index in [1.807, 2.05) is 20.8 Å². The first-order valence-electron chi connectivity index (χ1n) is 6.36. The summed E-state index contributed by atoms with van der Waals surface area (Å²) in [5.74, 6) is -1.85. The van der Waals surface area contributed by atoms with Gasteiger partial charge in [-0.1, -0.05) is 27.7 Å². The van der Waals surface area contributed by atoms with Gasteiger partial charge in [0, 0.05) is 18.0 Å². The molecule has 1 aromatic carbocycles. The molecule has 0 heterocycles. The number of halogens is 2. The molecule has 1 aromatic rings. The highest BCUT2D eigenvalue weighted by atomic mass is 32.2. The maximum atomic E-state index is 13.2. The molecule has 21 heavy (non-hydrogen) atoms. The largest absolute Gasteiger partial charge is 0.303 e. The molecule has 0 unspecified atom stereocenters. The Morgan fingerprint density at radius 2 is 1.67 bits per heavy atom. The highest BCUT2D eigenvalue weighted by molar-refractivity contribution is 7.89. The average Bonchev–Trinajstić information content (AvgIpc) is 2.33. The van der Waals surface area contributed by atoms with Crippen LogP contribution >= 0.6 is 0 Å². The van der Waals surface area contributed by atoms with E-state index < -0.39 is 26.6 Å². The van der Waals surface area contributed by atoms with Crippen molar-refractivity contribution in [1.82, 2.24) is 4.72 Å². The highest BCUT2D eigenvalue weighted by Gasteiger charge is 2.19. The predicted octanol–water partition coefficient (Wildman–Crippen LogP) is 2.80. The summed E-state index contributed by atoms with van der Waals surface area (Å²) in [6, 6.07) is 1.54. The molecule has 1 N–H and O–H groups in total. The lowest BCUT2D eigenvalue weighted by atomic mass is 10.0. The zero-order chi connectivity index (χ0) is 16.8. The molecule has 0 radical (unpaired) electrons. The number of hydrogen-bond donors (Lipinski definition) is 1. The number of sulfonamides is 1. The van der Waals surface area contributed by atoms with E-state index in [1.165, 1.54) is 6.92 Å². The van der Waals surface area contributed by atoms with Gasteiger partial charge >= 0.3 is 0 Å². The summed E-state index contributed by atoms with van der Waals surface area (Å²) in [6.07, 6.45) is 0.938. The average molecular weight is 321 g/mol. The third-order valence-corrected chi connectivity index (χ3v) is 3.75. The Labute approximate surface area is 124 Å². The number of hydrogen-bond acceptors (Lipinski definition) is 3. The Balaban J connectivity index is 0.000000567. The van der Waals surface area contributed by atoms with Crippen LogP contribution < -0.4 is 4.72 Å². The number of nitrogens with one attached hydrogen (secondary N) is 1. The molecule has 1 rings (SSSR count). The second-order valence-corrected chi connectivity index (χ2v) is 7.25. The number of carbonyl (C=O) groups excluding carboxylic acids is 1. The lowest BCUT2D eigenvalue weighted by Gasteiger charge is -2.07. The molecule has 120 valence electrons. The maximum absolute atomic E-state index is 13.2. The standard InChI is InChI=1S/C9H11F2NO2S.C5H10O/c1-3-12-15(13,14)9-4-6(2)7(10)5-8(9)11;1-5(2,3)4-6/h4-5,12H,3H2,1-2H3;4H,1-3H3. The maximum Gasteiger partial charge on any atom is 0.243 e. The van der Waals surface area contributed by atoms with Crippen LogP contribution in [0.2, 0.25) is 0 Å². The second kappa shape index (κ2) is 7.61. The molecular weight excluding hydrogens is 300 g/mol. The summed E-state index contributed by atoms with van der Waals surface area (Å²) >= 11 is 0. The monoisotopic (exact) mass is 321 g/mol. The lowest BCUT2D eigenvalue weighted by Crippen LogP contribution is -2.24. The topological polar surface area (TPSA) is 63.2 Å². The van der Waals surface area contributed by atoms with Crippen molar-refractivity contribution in [2.24, 2.45) is 5.41 Å². The molecule has 0 aliphatic rings. The van der Waals surface area contributed by atoms with E-state index in [0.29, 0.717) is 6.07 Å². The van der Waals surface area contributed by atoms with E-state index in [-0.39, 0.29) is 17.5 Å². The summed E-state index contributed by atoms with van der Waals surface area (Å²) in [4.78, 5) is 9.30. The van der Waals surface area contributed by atoms with Crippen LogP contribution in [-0.4, -0.2) is 21.2 Å². The Morgan fingerprint density at radius 1 is 1.19 bits per heavy atom. The van der Waals surface area contributed by atoms with Gasteiger partial charge in [0.1, 0.15) is 22.8 Å². The summed E-state index contributed by atoms with van der Waals surface area (Å²) in [7, 11) is -3.87. The third-order valence-electron chi connectivity index (χ3n) is 2.19. The van der Waals surface area contributed by atoms with Gasteiger partial charge in [-0.3, -0.25) is 0 Å². The van der Waals surface area contributed by atoms with Crippen molar-refractivity contribution >= 4 is 16.3 Å². The first kappa shape index (κ1) is 19.7. The van der Waals surface area contributed by atoms with Crippen LogP contribution in [0.1, 0.15) is 33.3 Å². The zero-order valence-electron chi connectivity index (χ0n) is 12.8. The van der Waals surface area contributed by atoms with E-state index in [2.05, 4.69) is 4.72 Å². The predicted molar refractivity (Wildman–Crippen MR) is 77.5 cm³/mol. The fourth-order valence-electron chi connectivity index (χ4n) is 1.10. The van der Waals surface area contributed by atoms with Gasteiger partial charge in [0.05, 0.1) is 0 Å². The van der Waals surface area contributed by atoms with Crippen LogP contribution in [0.5, 0.6) is 0 Å². The Hall–Kier alpha value is -1.34. The van der Waals surface area contributed by atoms with Crippen LogP contribution in [0.4, 0.5) is 8.78 Å². The normalized spacial score (nSPS) is 11.6. The minimum absolute atomic E-state index is 0.0906. The molecule has 7 heteroatoms. The van der Waals surface area contributed by atoms with Crippen LogP contribution in [0, 0.1) is 24.0 Å². The van der Waals surface area contributed by atoms with Gasteiger partial charge in [-0.25, -0.2) is 21.9 Å². The summed E-state index contributed by atoms with van der Waals surface area (Å²) in [6.45, 7) is 8.73. The minimum atomic E-state index is -3.87. The first-order valence-corrected chi connectivity index (χ1v) is 7.84. The van der Waals surface area contributed by atoms with Crippen molar-refractivity contribution in [2.45, 2.75) is 39.5 Å². The third kappa shape index (κ3) is 6.77. The van der Waals surface area contributed by atoms with Gasteiger partial charge in [0.2, 0.25) is 10.0 Å². The number of aldehydes is 1. The van der Waals surface area contributed by atoms with Gasteiger partial charge in [-0.05, 0) is 18.6 Å². The molecule has 0 aliphatic carbocycles. The van der Waals surface area contributed by atoms with Crippen molar-refractivity contribution in [3.63, 3.8) is 0 Å². The van der Waals surface area contributed by atoms with E-state index in [9.17, 15) is 22.0 Å². The molecular formula is C14H21F2NO3S. The molecule has 0 bridgehead atoms. The summed E-state index contributed by atoms with van der Waals surface area (Å²) < 4.78 is 51.1. The molecule has 0 fully saturated rings. The van der Waals surface area contributed by atoms with Gasteiger partial charge in [-0.15, -0.1) is 0 Å². The zero-order valence-corrected chi connectivity index (χ0v) is 13.6. The minimum Gasteiger partial charge on any atom is -0.303 e. The van der Waals surface area contributed by atoms with Crippen molar-refractivity contribution in [3.8, 4) is 0 Å². The molecule has 0 amide bonds. The van der Waals surface area contributed by atoms with E-state index in [1.54, 1.807) is 6.92 Å². The van der Waals surface area contributed by atoms with Crippen LogP contribution in [0.3, 0.4) is 0 Å². The van der Waals surface area contributed by atoms with Gasteiger partial charge < -0.3 is 4.79 Å². The van der Waals surface area contributed by atoms with E-state index >= 15 is 0 Å². The van der Waals surface area contributed by atoms with Crippen molar-refractivity contribution in [3.05, 3.63) is 29.3 Å². The molecule has 0 saturated heterocycles. The number of aryl methyl sites for hydroxylation is 1. The summed E-state index contributed by atoms with van der Waals surface area (Å²) in [5, 5.41) is 0.